The molecule has 1 saturated heterocycles. The van der Waals surface area contributed by atoms with Crippen molar-refractivity contribution in [3.8, 4) is 0 Å². The summed E-state index contributed by atoms with van der Waals surface area (Å²) in [4.78, 5) is 0. The zero-order chi connectivity index (χ0) is 14.8. The van der Waals surface area contributed by atoms with Gasteiger partial charge in [-0.1, -0.05) is 41.4 Å². The SMILES string of the molecule is Clc1cccc(C2CNCCC2c2ccc(Cl)c(Br)c2)c1. The molecule has 0 spiro atoms. The standard InChI is InChI=1S/C17H16BrCl2N/c18-16-9-12(4-5-17(16)20)14-6-7-21-10-15(14)11-2-1-3-13(19)8-11/h1-5,8-9,14-15,21H,6-7,10H2. The third-order valence-electron chi connectivity index (χ3n) is 4.13. The summed E-state index contributed by atoms with van der Waals surface area (Å²) in [5.74, 6) is 0.920. The molecule has 0 saturated carbocycles. The summed E-state index contributed by atoms with van der Waals surface area (Å²) < 4.78 is 0.963. The fourth-order valence-electron chi connectivity index (χ4n) is 3.09. The van der Waals surface area contributed by atoms with E-state index in [2.05, 4.69) is 45.5 Å². The molecule has 2 atom stereocenters. The van der Waals surface area contributed by atoms with Gasteiger partial charge < -0.3 is 5.32 Å². The van der Waals surface area contributed by atoms with Crippen molar-refractivity contribution in [2.45, 2.75) is 18.3 Å². The molecule has 3 rings (SSSR count). The molecule has 0 amide bonds. The highest BCUT2D eigenvalue weighted by molar-refractivity contribution is 9.10. The minimum atomic E-state index is 0.436. The van der Waals surface area contributed by atoms with Gasteiger partial charge in [0.15, 0.2) is 0 Å². The van der Waals surface area contributed by atoms with Gasteiger partial charge in [0.1, 0.15) is 0 Å². The fourth-order valence-corrected chi connectivity index (χ4v) is 3.80. The first kappa shape index (κ1) is 15.4. The molecule has 0 radical (unpaired) electrons. The zero-order valence-electron chi connectivity index (χ0n) is 11.5. The maximum absolute atomic E-state index is 6.16. The third-order valence-corrected chi connectivity index (χ3v) is 5.58. The molecule has 1 heterocycles. The highest BCUT2D eigenvalue weighted by Crippen LogP contribution is 2.39. The number of halogens is 3. The lowest BCUT2D eigenvalue weighted by Crippen LogP contribution is -2.34. The van der Waals surface area contributed by atoms with Crippen molar-refractivity contribution >= 4 is 39.1 Å². The third kappa shape index (κ3) is 3.45. The van der Waals surface area contributed by atoms with Crippen LogP contribution < -0.4 is 5.32 Å². The molecular weight excluding hydrogens is 369 g/mol. The van der Waals surface area contributed by atoms with Gasteiger partial charge in [-0.3, -0.25) is 0 Å². The second kappa shape index (κ2) is 6.70. The summed E-state index contributed by atoms with van der Waals surface area (Å²) in [6.45, 7) is 2.02. The normalized spacial score (nSPS) is 22.2. The molecule has 4 heteroatoms. The van der Waals surface area contributed by atoms with Crippen LogP contribution in [0.15, 0.2) is 46.9 Å². The molecule has 0 aromatic heterocycles. The molecule has 1 fully saturated rings. The topological polar surface area (TPSA) is 12.0 Å². The molecule has 0 bridgehead atoms. The number of piperidine rings is 1. The number of nitrogens with one attached hydrogen (secondary N) is 1. The maximum Gasteiger partial charge on any atom is 0.0548 e. The molecule has 1 aliphatic heterocycles. The van der Waals surface area contributed by atoms with Crippen molar-refractivity contribution in [3.05, 3.63) is 68.1 Å². The molecule has 21 heavy (non-hydrogen) atoms. The summed E-state index contributed by atoms with van der Waals surface area (Å²) in [7, 11) is 0. The summed E-state index contributed by atoms with van der Waals surface area (Å²) in [5.41, 5.74) is 2.63. The Morgan fingerprint density at radius 2 is 1.81 bits per heavy atom. The Morgan fingerprint density at radius 1 is 1.00 bits per heavy atom. The van der Waals surface area contributed by atoms with Crippen LogP contribution in [0.1, 0.15) is 29.4 Å². The van der Waals surface area contributed by atoms with E-state index >= 15 is 0 Å². The van der Waals surface area contributed by atoms with Crippen molar-refractivity contribution in [3.63, 3.8) is 0 Å². The van der Waals surface area contributed by atoms with Crippen LogP contribution >= 0.6 is 39.1 Å². The Morgan fingerprint density at radius 3 is 2.57 bits per heavy atom. The molecule has 2 unspecified atom stereocenters. The van der Waals surface area contributed by atoms with Crippen LogP contribution in [-0.4, -0.2) is 13.1 Å². The van der Waals surface area contributed by atoms with E-state index in [0.717, 1.165) is 34.0 Å². The van der Waals surface area contributed by atoms with Crippen molar-refractivity contribution in [1.29, 1.82) is 0 Å². The number of rotatable bonds is 2. The van der Waals surface area contributed by atoms with Gasteiger partial charge in [0, 0.05) is 22.0 Å². The highest BCUT2D eigenvalue weighted by atomic mass is 79.9. The van der Waals surface area contributed by atoms with Crippen LogP contribution in [0.5, 0.6) is 0 Å². The van der Waals surface area contributed by atoms with Gasteiger partial charge in [-0.15, -0.1) is 0 Å². The maximum atomic E-state index is 6.16. The second-order valence-corrected chi connectivity index (χ2v) is 7.13. The van der Waals surface area contributed by atoms with Gasteiger partial charge >= 0.3 is 0 Å². The number of hydrogen-bond acceptors (Lipinski definition) is 1. The van der Waals surface area contributed by atoms with E-state index in [1.807, 2.05) is 18.2 Å². The summed E-state index contributed by atoms with van der Waals surface area (Å²) in [6.07, 6.45) is 1.12. The predicted octanol–water partition coefficient (Wildman–Crippen LogP) is 5.62. The smallest absolute Gasteiger partial charge is 0.0548 e. The fraction of sp³-hybridized carbons (Fsp3) is 0.294. The Kier molecular flexibility index (Phi) is 4.90. The molecule has 2 aromatic rings. The van der Waals surface area contributed by atoms with E-state index in [1.165, 1.54) is 11.1 Å². The van der Waals surface area contributed by atoms with E-state index in [4.69, 9.17) is 23.2 Å². The van der Waals surface area contributed by atoms with Gasteiger partial charge in [-0.2, -0.15) is 0 Å². The first-order valence-electron chi connectivity index (χ1n) is 7.06. The number of benzene rings is 2. The second-order valence-electron chi connectivity index (χ2n) is 5.43. The largest absolute Gasteiger partial charge is 0.316 e. The van der Waals surface area contributed by atoms with E-state index in [1.54, 1.807) is 0 Å². The summed E-state index contributed by atoms with van der Waals surface area (Å²) in [5, 5.41) is 5.05. The van der Waals surface area contributed by atoms with Gasteiger partial charge in [0.05, 0.1) is 5.02 Å². The quantitative estimate of drug-likeness (QED) is 0.708. The molecule has 0 aliphatic carbocycles. The lowest BCUT2D eigenvalue weighted by molar-refractivity contribution is 0.404. The van der Waals surface area contributed by atoms with E-state index < -0.39 is 0 Å². The van der Waals surface area contributed by atoms with Crippen molar-refractivity contribution in [2.24, 2.45) is 0 Å². The Balaban J connectivity index is 1.96. The zero-order valence-corrected chi connectivity index (χ0v) is 14.5. The van der Waals surface area contributed by atoms with Gasteiger partial charge in [-0.05, 0) is 70.2 Å². The molecule has 1 N–H and O–H groups in total. The van der Waals surface area contributed by atoms with Crippen LogP contribution in [0.2, 0.25) is 10.0 Å². The average molecular weight is 385 g/mol. The van der Waals surface area contributed by atoms with Crippen LogP contribution in [0.3, 0.4) is 0 Å². The molecule has 110 valence electrons. The lowest BCUT2D eigenvalue weighted by Gasteiger charge is -2.33. The van der Waals surface area contributed by atoms with Crippen molar-refractivity contribution in [2.75, 3.05) is 13.1 Å². The minimum Gasteiger partial charge on any atom is -0.316 e. The van der Waals surface area contributed by atoms with Crippen LogP contribution in [0, 0.1) is 0 Å². The Bertz CT molecular complexity index is 644. The van der Waals surface area contributed by atoms with E-state index in [9.17, 15) is 0 Å². The Labute approximate surface area is 143 Å². The summed E-state index contributed by atoms with van der Waals surface area (Å²) in [6, 6.07) is 14.5. The molecule has 1 aliphatic rings. The number of hydrogen-bond donors (Lipinski definition) is 1. The van der Waals surface area contributed by atoms with Crippen molar-refractivity contribution < 1.29 is 0 Å². The highest BCUT2D eigenvalue weighted by Gasteiger charge is 2.28. The van der Waals surface area contributed by atoms with Crippen LogP contribution in [-0.2, 0) is 0 Å². The minimum absolute atomic E-state index is 0.436. The molecular formula is C17H16BrCl2N. The monoisotopic (exact) mass is 383 g/mol. The van der Waals surface area contributed by atoms with E-state index in [0.29, 0.717) is 11.8 Å². The van der Waals surface area contributed by atoms with E-state index in [-0.39, 0.29) is 0 Å². The van der Waals surface area contributed by atoms with Gasteiger partial charge in [0.25, 0.3) is 0 Å². The molecule has 1 nitrogen and oxygen atoms in total. The van der Waals surface area contributed by atoms with Crippen molar-refractivity contribution in [1.82, 2.24) is 5.32 Å². The first-order chi connectivity index (χ1) is 10.1. The van der Waals surface area contributed by atoms with Gasteiger partial charge in [0.2, 0.25) is 0 Å². The molecule has 2 aromatic carbocycles. The summed E-state index contributed by atoms with van der Waals surface area (Å²) >= 11 is 15.8. The van der Waals surface area contributed by atoms with Gasteiger partial charge in [-0.25, -0.2) is 0 Å². The lowest BCUT2D eigenvalue weighted by atomic mass is 9.77. The first-order valence-corrected chi connectivity index (χ1v) is 8.61. The Hall–Kier alpha value is -0.540. The van der Waals surface area contributed by atoms with Crippen LogP contribution in [0.4, 0.5) is 0 Å². The predicted molar refractivity (Wildman–Crippen MR) is 93.6 cm³/mol. The van der Waals surface area contributed by atoms with Crippen LogP contribution in [0.25, 0.3) is 0 Å². The average Bonchev–Trinajstić information content (AvgIpc) is 2.50.